The number of nitriles is 1. The predicted molar refractivity (Wildman–Crippen MR) is 72.9 cm³/mol. The highest BCUT2D eigenvalue weighted by Crippen LogP contribution is 2.23. The van der Waals surface area contributed by atoms with Gasteiger partial charge in [-0.25, -0.2) is 4.39 Å². The van der Waals surface area contributed by atoms with Crippen molar-refractivity contribution in [1.29, 1.82) is 5.26 Å². The van der Waals surface area contributed by atoms with Crippen LogP contribution in [0.2, 0.25) is 0 Å². The number of hydrogen-bond donors (Lipinski definition) is 1. The molecular formula is C15H17FN2O3. The molecule has 6 heteroatoms. The van der Waals surface area contributed by atoms with E-state index in [1.165, 1.54) is 12.1 Å². The summed E-state index contributed by atoms with van der Waals surface area (Å²) >= 11 is 0. The Morgan fingerprint density at radius 3 is 2.95 bits per heavy atom. The zero-order valence-electron chi connectivity index (χ0n) is 11.8. The van der Waals surface area contributed by atoms with Crippen LogP contribution in [-0.2, 0) is 16.1 Å². The maximum absolute atomic E-state index is 13.2. The van der Waals surface area contributed by atoms with E-state index >= 15 is 0 Å². The molecular weight excluding hydrogens is 275 g/mol. The standard InChI is InChI=1S/C15H17FN2O3/c1-2-18(14-9-21-8-13(14)15(19)20)7-10-3-4-12(16)5-11(10)6-17/h3-5,13-14H,2,7-9H2,1H3,(H,19,20). The van der Waals surface area contributed by atoms with Gasteiger partial charge < -0.3 is 9.84 Å². The fourth-order valence-electron chi connectivity index (χ4n) is 2.61. The summed E-state index contributed by atoms with van der Waals surface area (Å²) in [6.45, 7) is 3.50. The first-order valence-corrected chi connectivity index (χ1v) is 6.80. The number of carbonyl (C=O) groups is 1. The maximum atomic E-state index is 13.2. The highest BCUT2D eigenvalue weighted by Gasteiger charge is 2.37. The van der Waals surface area contributed by atoms with Gasteiger partial charge in [-0.2, -0.15) is 5.26 Å². The molecule has 0 aliphatic carbocycles. The van der Waals surface area contributed by atoms with Gasteiger partial charge in [-0.1, -0.05) is 13.0 Å². The van der Waals surface area contributed by atoms with Gasteiger partial charge in [-0.05, 0) is 24.2 Å². The van der Waals surface area contributed by atoms with Crippen molar-refractivity contribution in [3.63, 3.8) is 0 Å². The second-order valence-corrected chi connectivity index (χ2v) is 5.03. The molecule has 0 aromatic heterocycles. The number of carboxylic acid groups (broad SMARTS) is 1. The van der Waals surface area contributed by atoms with Crippen LogP contribution in [0.4, 0.5) is 4.39 Å². The molecule has 0 bridgehead atoms. The summed E-state index contributed by atoms with van der Waals surface area (Å²) in [5.74, 6) is -1.91. The summed E-state index contributed by atoms with van der Waals surface area (Å²) in [6, 6.07) is 5.82. The Labute approximate surface area is 122 Å². The molecule has 0 amide bonds. The Balaban J connectivity index is 2.20. The smallest absolute Gasteiger partial charge is 0.310 e. The molecule has 5 nitrogen and oxygen atoms in total. The van der Waals surface area contributed by atoms with Gasteiger partial charge in [0, 0.05) is 12.6 Å². The Morgan fingerprint density at radius 1 is 1.57 bits per heavy atom. The average molecular weight is 292 g/mol. The molecule has 1 N–H and O–H groups in total. The molecule has 2 rings (SSSR count). The van der Waals surface area contributed by atoms with Crippen molar-refractivity contribution in [2.24, 2.45) is 5.92 Å². The molecule has 0 spiro atoms. The SMILES string of the molecule is CCN(Cc1ccc(F)cc1C#N)C1COCC1C(=O)O. The van der Waals surface area contributed by atoms with Crippen LogP contribution < -0.4 is 0 Å². The number of carboxylic acids is 1. The number of rotatable bonds is 5. The maximum Gasteiger partial charge on any atom is 0.310 e. The summed E-state index contributed by atoms with van der Waals surface area (Å²) in [7, 11) is 0. The number of ether oxygens (including phenoxy) is 1. The molecule has 2 atom stereocenters. The van der Waals surface area contributed by atoms with Gasteiger partial charge in [-0.15, -0.1) is 0 Å². The molecule has 1 fully saturated rings. The van der Waals surface area contributed by atoms with Crippen LogP contribution in [0.3, 0.4) is 0 Å². The summed E-state index contributed by atoms with van der Waals surface area (Å²) in [6.07, 6.45) is 0. The van der Waals surface area contributed by atoms with E-state index in [0.717, 1.165) is 0 Å². The molecule has 1 aliphatic heterocycles. The average Bonchev–Trinajstić information content (AvgIpc) is 2.95. The molecule has 2 unspecified atom stereocenters. The summed E-state index contributed by atoms with van der Waals surface area (Å²) in [5.41, 5.74) is 0.969. The molecule has 21 heavy (non-hydrogen) atoms. The number of benzene rings is 1. The van der Waals surface area contributed by atoms with E-state index in [-0.39, 0.29) is 18.2 Å². The normalized spacial score (nSPS) is 21.4. The molecule has 1 aliphatic rings. The first-order chi connectivity index (χ1) is 10.1. The highest BCUT2D eigenvalue weighted by molar-refractivity contribution is 5.71. The molecule has 0 radical (unpaired) electrons. The Kier molecular flexibility index (Phi) is 4.89. The minimum atomic E-state index is -0.879. The molecule has 1 aromatic rings. The lowest BCUT2D eigenvalue weighted by molar-refractivity contribution is -0.143. The quantitative estimate of drug-likeness (QED) is 0.892. The molecule has 1 aromatic carbocycles. The van der Waals surface area contributed by atoms with E-state index < -0.39 is 17.7 Å². The van der Waals surface area contributed by atoms with Crippen LogP contribution in [0, 0.1) is 23.1 Å². The summed E-state index contributed by atoms with van der Waals surface area (Å²) in [5, 5.41) is 18.3. The van der Waals surface area contributed by atoms with E-state index in [4.69, 9.17) is 10.00 Å². The third-order valence-corrected chi connectivity index (χ3v) is 3.81. The van der Waals surface area contributed by atoms with Crippen molar-refractivity contribution in [1.82, 2.24) is 4.90 Å². The Bertz CT molecular complexity index is 571. The number of nitrogens with zero attached hydrogens (tertiary/aromatic N) is 2. The van der Waals surface area contributed by atoms with Crippen LogP contribution in [0.1, 0.15) is 18.1 Å². The molecule has 1 heterocycles. The van der Waals surface area contributed by atoms with Crippen LogP contribution >= 0.6 is 0 Å². The fraction of sp³-hybridized carbons (Fsp3) is 0.467. The van der Waals surface area contributed by atoms with E-state index in [2.05, 4.69) is 0 Å². The number of hydrogen-bond acceptors (Lipinski definition) is 4. The second kappa shape index (κ2) is 6.66. The van der Waals surface area contributed by atoms with Crippen LogP contribution in [-0.4, -0.2) is 41.8 Å². The highest BCUT2D eigenvalue weighted by atomic mass is 19.1. The van der Waals surface area contributed by atoms with Crippen LogP contribution in [0.5, 0.6) is 0 Å². The van der Waals surface area contributed by atoms with Crippen LogP contribution in [0.25, 0.3) is 0 Å². The van der Waals surface area contributed by atoms with Gasteiger partial charge in [0.15, 0.2) is 0 Å². The third kappa shape index (κ3) is 3.38. The van der Waals surface area contributed by atoms with Gasteiger partial charge in [0.2, 0.25) is 0 Å². The summed E-state index contributed by atoms with van der Waals surface area (Å²) < 4.78 is 18.4. The zero-order chi connectivity index (χ0) is 15.4. The minimum Gasteiger partial charge on any atom is -0.481 e. The van der Waals surface area contributed by atoms with Crippen molar-refractivity contribution in [3.8, 4) is 6.07 Å². The van der Waals surface area contributed by atoms with Crippen molar-refractivity contribution in [2.45, 2.75) is 19.5 Å². The van der Waals surface area contributed by atoms with E-state index in [0.29, 0.717) is 25.3 Å². The third-order valence-electron chi connectivity index (χ3n) is 3.81. The van der Waals surface area contributed by atoms with Gasteiger partial charge in [-0.3, -0.25) is 9.69 Å². The summed E-state index contributed by atoms with van der Waals surface area (Å²) in [4.78, 5) is 13.2. The fourth-order valence-corrected chi connectivity index (χ4v) is 2.61. The van der Waals surface area contributed by atoms with E-state index in [1.807, 2.05) is 17.9 Å². The van der Waals surface area contributed by atoms with E-state index in [1.54, 1.807) is 6.07 Å². The van der Waals surface area contributed by atoms with Crippen molar-refractivity contribution < 1.29 is 19.0 Å². The van der Waals surface area contributed by atoms with Gasteiger partial charge in [0.05, 0.1) is 30.8 Å². The lowest BCUT2D eigenvalue weighted by Gasteiger charge is -2.29. The predicted octanol–water partition coefficient (Wildman–Crippen LogP) is 1.62. The first-order valence-electron chi connectivity index (χ1n) is 6.80. The van der Waals surface area contributed by atoms with Crippen molar-refractivity contribution in [2.75, 3.05) is 19.8 Å². The lowest BCUT2D eigenvalue weighted by Crippen LogP contribution is -2.42. The first kappa shape index (κ1) is 15.4. The molecule has 1 saturated heterocycles. The van der Waals surface area contributed by atoms with Gasteiger partial charge in [0.1, 0.15) is 5.82 Å². The number of halogens is 1. The number of likely N-dealkylation sites (N-methyl/N-ethyl adjacent to an activating group) is 1. The molecule has 0 saturated carbocycles. The largest absolute Gasteiger partial charge is 0.481 e. The topological polar surface area (TPSA) is 73.6 Å². The van der Waals surface area contributed by atoms with Gasteiger partial charge >= 0.3 is 5.97 Å². The van der Waals surface area contributed by atoms with Crippen molar-refractivity contribution in [3.05, 3.63) is 35.1 Å². The molecule has 112 valence electrons. The second-order valence-electron chi connectivity index (χ2n) is 5.03. The Morgan fingerprint density at radius 2 is 2.33 bits per heavy atom. The lowest BCUT2D eigenvalue weighted by atomic mass is 10.0. The zero-order valence-corrected chi connectivity index (χ0v) is 11.8. The van der Waals surface area contributed by atoms with Crippen molar-refractivity contribution >= 4 is 5.97 Å². The van der Waals surface area contributed by atoms with Crippen LogP contribution in [0.15, 0.2) is 18.2 Å². The number of aliphatic carboxylic acids is 1. The monoisotopic (exact) mass is 292 g/mol. The Hall–Kier alpha value is -1.97. The minimum absolute atomic E-state index is 0.199. The van der Waals surface area contributed by atoms with E-state index in [9.17, 15) is 14.3 Å². The van der Waals surface area contributed by atoms with Gasteiger partial charge in [0.25, 0.3) is 0 Å².